The quantitative estimate of drug-likeness (QED) is 0.166. The van der Waals surface area contributed by atoms with Crippen LogP contribution < -0.4 is 0 Å². The van der Waals surface area contributed by atoms with Gasteiger partial charge in [0.15, 0.2) is 0 Å². The van der Waals surface area contributed by atoms with Crippen molar-refractivity contribution in [2.45, 2.75) is 57.8 Å². The first kappa shape index (κ1) is 52.5. The molecule has 3 heterocycles. The van der Waals surface area contributed by atoms with E-state index in [-0.39, 0.29) is 76.6 Å². The third-order valence-electron chi connectivity index (χ3n) is 15.3. The normalized spacial score (nSPS) is 13.8. The summed E-state index contributed by atoms with van der Waals surface area (Å²) in [6.45, 7) is 13.8. The average molecular weight is 1490 g/mol. The van der Waals surface area contributed by atoms with Gasteiger partial charge < -0.3 is 9.97 Å². The van der Waals surface area contributed by atoms with E-state index < -0.39 is 0 Å². The van der Waals surface area contributed by atoms with Crippen molar-refractivity contribution in [3.8, 4) is 67.2 Å². The Kier molecular flexibility index (Phi) is 14.7. The molecule has 0 saturated heterocycles. The number of fused-ring (bicyclic) bond motifs is 11. The van der Waals surface area contributed by atoms with Crippen molar-refractivity contribution in [1.82, 2.24) is 15.0 Å². The molecule has 0 amide bonds. The molecule has 0 N–H and O–H groups in total. The molecule has 0 spiro atoms. The van der Waals surface area contributed by atoms with Gasteiger partial charge in [-0.15, -0.1) is 88.0 Å². The van der Waals surface area contributed by atoms with Crippen molar-refractivity contribution >= 4 is 21.7 Å². The van der Waals surface area contributed by atoms with E-state index in [0.717, 1.165) is 39.3 Å². The number of pyridine rings is 3. The molecule has 0 fully saturated rings. The zero-order valence-corrected chi connectivity index (χ0v) is 49.2. The molecule has 3 radical (unpaired) electrons. The van der Waals surface area contributed by atoms with Gasteiger partial charge in [-0.2, -0.15) is 0 Å². The van der Waals surface area contributed by atoms with E-state index in [9.17, 15) is 0 Å². The SMILES string of the molecule is CC1(C)c2ccccc2-c2c[c-]c(-c3ccc4ccccc4n3)cc21.CC1(C)c2ccccc2-c2c[c-]c(-c3ccccn3)cc21.CC1(C)c2ccccc2-c2c[c-]c(-c3nccc4ccccc34)cc21.[Ir].[Ir].[Ir]. The Morgan fingerprint density at radius 3 is 1.32 bits per heavy atom. The second kappa shape index (κ2) is 20.8. The molecule has 3 aliphatic carbocycles. The Labute approximate surface area is 476 Å². The second-order valence-electron chi connectivity index (χ2n) is 20.5. The van der Waals surface area contributed by atoms with Crippen molar-refractivity contribution in [2.24, 2.45) is 0 Å². The largest absolute Gasteiger partial charge is 0.305 e. The Morgan fingerprint density at radius 2 is 0.784 bits per heavy atom. The molecule has 0 atom stereocenters. The van der Waals surface area contributed by atoms with Crippen LogP contribution in [-0.4, -0.2) is 15.0 Å². The molecule has 0 saturated carbocycles. The Bertz CT molecular complexity index is 3870. The molecule has 0 bridgehead atoms. The van der Waals surface area contributed by atoms with Gasteiger partial charge in [-0.1, -0.05) is 214 Å². The fourth-order valence-corrected chi connectivity index (χ4v) is 11.4. The molecule has 0 aliphatic heterocycles. The monoisotopic (exact) mass is 1490 g/mol. The van der Waals surface area contributed by atoms with Crippen LogP contribution >= 0.6 is 0 Å². The summed E-state index contributed by atoms with van der Waals surface area (Å²) >= 11 is 0. The molecule has 0 unspecified atom stereocenters. The summed E-state index contributed by atoms with van der Waals surface area (Å²) in [6, 6.07) is 78.5. The maximum Gasteiger partial charge on any atom is 0.0595 e. The van der Waals surface area contributed by atoms with E-state index in [2.05, 4.69) is 234 Å². The summed E-state index contributed by atoms with van der Waals surface area (Å²) in [5.74, 6) is 0. The summed E-state index contributed by atoms with van der Waals surface area (Å²) < 4.78 is 0. The molecule has 3 nitrogen and oxygen atoms in total. The Morgan fingerprint density at radius 1 is 0.338 bits per heavy atom. The van der Waals surface area contributed by atoms with Gasteiger partial charge >= 0.3 is 0 Å². The van der Waals surface area contributed by atoms with Crippen LogP contribution in [0, 0.1) is 18.2 Å². The summed E-state index contributed by atoms with van der Waals surface area (Å²) in [6.07, 6.45) is 3.72. The molecule has 3 aliphatic rings. The van der Waals surface area contributed by atoms with Crippen LogP contribution in [0.2, 0.25) is 0 Å². The number of nitrogens with zero attached hydrogens (tertiary/aromatic N) is 3. The van der Waals surface area contributed by atoms with Crippen LogP contribution in [0.25, 0.3) is 88.8 Å². The topological polar surface area (TPSA) is 38.7 Å². The minimum atomic E-state index is 0. The molecule has 14 rings (SSSR count). The van der Waals surface area contributed by atoms with Gasteiger partial charge in [0.05, 0.1) is 5.52 Å². The predicted octanol–water partition coefficient (Wildman–Crippen LogP) is 16.9. The number of rotatable bonds is 3. The molecule has 3 aromatic heterocycles. The number of para-hydroxylation sites is 1. The van der Waals surface area contributed by atoms with Gasteiger partial charge in [0, 0.05) is 72.7 Å². The molecule has 11 aromatic rings. The maximum atomic E-state index is 4.84. The van der Waals surface area contributed by atoms with Crippen molar-refractivity contribution in [3.63, 3.8) is 0 Å². The van der Waals surface area contributed by atoms with Crippen LogP contribution in [0.1, 0.15) is 74.9 Å². The van der Waals surface area contributed by atoms with Crippen LogP contribution in [0.15, 0.2) is 207 Å². The Balaban J connectivity index is 0.000000134. The molecule has 74 heavy (non-hydrogen) atoms. The number of hydrogen-bond acceptors (Lipinski definition) is 3. The molecular formula is C68H52Ir3N3-3. The zero-order valence-electron chi connectivity index (χ0n) is 42.0. The number of benzene rings is 8. The van der Waals surface area contributed by atoms with Gasteiger partial charge in [-0.3, -0.25) is 4.98 Å². The second-order valence-corrected chi connectivity index (χ2v) is 20.5. The third-order valence-corrected chi connectivity index (χ3v) is 15.3. The van der Waals surface area contributed by atoms with E-state index in [1.807, 2.05) is 42.7 Å². The molecule has 8 aromatic carbocycles. The summed E-state index contributed by atoms with van der Waals surface area (Å²) in [7, 11) is 0. The fraction of sp³-hybridized carbons (Fsp3) is 0.132. The van der Waals surface area contributed by atoms with E-state index in [1.54, 1.807) is 0 Å². The van der Waals surface area contributed by atoms with Gasteiger partial charge in [0.2, 0.25) is 0 Å². The third kappa shape index (κ3) is 9.00. The molecular weight excluding hydrogens is 1440 g/mol. The molecule has 369 valence electrons. The van der Waals surface area contributed by atoms with Crippen LogP contribution in [-0.2, 0) is 76.6 Å². The van der Waals surface area contributed by atoms with Crippen molar-refractivity contribution in [1.29, 1.82) is 0 Å². The fourth-order valence-electron chi connectivity index (χ4n) is 11.4. The zero-order chi connectivity index (χ0) is 48.5. The minimum Gasteiger partial charge on any atom is -0.305 e. The average Bonchev–Trinajstić information content (AvgIpc) is 3.90. The van der Waals surface area contributed by atoms with Gasteiger partial charge in [0.1, 0.15) is 0 Å². The standard InChI is InChI=1S/2C24H18N.C20H16N.3Ir/c1-24(2)20-9-5-4-8-18(20)19-13-11-17(15-21(19)24)23-14-12-16-7-3-6-10-22(16)25-23;1-24(2)21-10-6-5-9-19(21)20-12-11-17(15-22(20)24)23-18-8-4-3-7-16(18)13-14-25-23;1-20(2)17-8-4-3-7-15(17)16-11-10-14(13-18(16)20)19-9-5-6-12-21-19;;;/h2*3-10,12-15H,1-2H3;3-9,11-13H,1-2H3;;;/q3*-1;;;. The summed E-state index contributed by atoms with van der Waals surface area (Å²) in [5.41, 5.74) is 23.4. The van der Waals surface area contributed by atoms with Crippen molar-refractivity contribution < 1.29 is 60.3 Å². The first-order valence-corrected chi connectivity index (χ1v) is 24.6. The maximum absolute atomic E-state index is 4.84. The summed E-state index contributed by atoms with van der Waals surface area (Å²) in [5, 5.41) is 3.55. The van der Waals surface area contributed by atoms with Gasteiger partial charge in [-0.25, -0.2) is 0 Å². The number of hydrogen-bond donors (Lipinski definition) is 0. The van der Waals surface area contributed by atoms with E-state index in [4.69, 9.17) is 4.98 Å². The first-order chi connectivity index (χ1) is 34.5. The number of aromatic nitrogens is 3. The molecule has 6 heteroatoms. The van der Waals surface area contributed by atoms with Gasteiger partial charge in [0.25, 0.3) is 0 Å². The predicted molar refractivity (Wildman–Crippen MR) is 293 cm³/mol. The van der Waals surface area contributed by atoms with Crippen molar-refractivity contribution in [3.05, 3.63) is 258 Å². The van der Waals surface area contributed by atoms with Crippen molar-refractivity contribution in [2.75, 3.05) is 0 Å². The van der Waals surface area contributed by atoms with Crippen LogP contribution in [0.3, 0.4) is 0 Å². The Hall–Kier alpha value is -6.32. The summed E-state index contributed by atoms with van der Waals surface area (Å²) in [4.78, 5) is 13.9. The van der Waals surface area contributed by atoms with Crippen LogP contribution in [0.5, 0.6) is 0 Å². The van der Waals surface area contributed by atoms with Crippen LogP contribution in [0.4, 0.5) is 0 Å². The smallest absolute Gasteiger partial charge is 0.0595 e. The van der Waals surface area contributed by atoms with E-state index in [1.165, 1.54) is 82.9 Å². The minimum absolute atomic E-state index is 0. The van der Waals surface area contributed by atoms with E-state index in [0.29, 0.717) is 0 Å². The first-order valence-electron chi connectivity index (χ1n) is 24.6. The van der Waals surface area contributed by atoms with E-state index >= 15 is 0 Å². The van der Waals surface area contributed by atoms with Gasteiger partial charge in [-0.05, 0) is 84.4 Å².